The fourth-order valence-electron chi connectivity index (χ4n) is 3.18. The van der Waals surface area contributed by atoms with Crippen molar-refractivity contribution in [2.45, 2.75) is 35.2 Å². The van der Waals surface area contributed by atoms with Gasteiger partial charge in [0.25, 0.3) is 0 Å². The summed E-state index contributed by atoms with van der Waals surface area (Å²) in [6, 6.07) is 24.2. The molecule has 2 N–H and O–H groups in total. The Labute approximate surface area is 188 Å². The summed E-state index contributed by atoms with van der Waals surface area (Å²) in [5, 5.41) is 2.96. The molecule has 7 heteroatoms. The number of amides is 1. The van der Waals surface area contributed by atoms with Crippen LogP contribution < -0.4 is 10.0 Å². The SMILES string of the molecule is CSc1ccc([C@H](C)NC(=O)[C@@H](Cc2ccccc2)NS(=O)(=O)c2ccccc2)cc1. The molecule has 0 saturated carbocycles. The molecule has 1 amide bonds. The summed E-state index contributed by atoms with van der Waals surface area (Å²) in [5.41, 5.74) is 1.82. The molecule has 0 radical (unpaired) electrons. The molecule has 0 aliphatic rings. The highest BCUT2D eigenvalue weighted by Gasteiger charge is 2.27. The highest BCUT2D eigenvalue weighted by molar-refractivity contribution is 7.98. The van der Waals surface area contributed by atoms with E-state index in [9.17, 15) is 13.2 Å². The minimum atomic E-state index is -3.85. The second-order valence-corrected chi connectivity index (χ2v) is 9.77. The fraction of sp³-hybridized carbons (Fsp3) is 0.208. The summed E-state index contributed by atoms with van der Waals surface area (Å²) in [4.78, 5) is 14.4. The van der Waals surface area contributed by atoms with Crippen LogP contribution in [-0.2, 0) is 21.2 Å². The zero-order valence-corrected chi connectivity index (χ0v) is 19.1. The van der Waals surface area contributed by atoms with Crippen LogP contribution in [0, 0.1) is 0 Å². The maximum absolute atomic E-state index is 13.1. The minimum absolute atomic E-state index is 0.126. The van der Waals surface area contributed by atoms with Gasteiger partial charge in [-0.2, -0.15) is 4.72 Å². The highest BCUT2D eigenvalue weighted by atomic mass is 32.2. The van der Waals surface area contributed by atoms with Crippen molar-refractivity contribution in [1.82, 2.24) is 10.0 Å². The molecule has 2 atom stereocenters. The molecule has 0 bridgehead atoms. The first kappa shape index (κ1) is 23.1. The van der Waals surface area contributed by atoms with Crippen molar-refractivity contribution in [3.8, 4) is 0 Å². The van der Waals surface area contributed by atoms with Crippen molar-refractivity contribution in [3.05, 3.63) is 96.1 Å². The van der Waals surface area contributed by atoms with Crippen molar-refractivity contribution in [3.63, 3.8) is 0 Å². The van der Waals surface area contributed by atoms with E-state index in [-0.39, 0.29) is 23.3 Å². The second-order valence-electron chi connectivity index (χ2n) is 7.18. The summed E-state index contributed by atoms with van der Waals surface area (Å²) in [5.74, 6) is -0.371. The van der Waals surface area contributed by atoms with Crippen molar-refractivity contribution < 1.29 is 13.2 Å². The van der Waals surface area contributed by atoms with Crippen molar-refractivity contribution in [1.29, 1.82) is 0 Å². The molecule has 0 unspecified atom stereocenters. The van der Waals surface area contributed by atoms with Gasteiger partial charge >= 0.3 is 0 Å². The number of carbonyl (C=O) groups excluding carboxylic acids is 1. The maximum atomic E-state index is 13.1. The smallest absolute Gasteiger partial charge is 0.241 e. The average molecular weight is 455 g/mol. The number of hydrogen-bond acceptors (Lipinski definition) is 4. The summed E-state index contributed by atoms with van der Waals surface area (Å²) >= 11 is 1.65. The summed E-state index contributed by atoms with van der Waals surface area (Å²) < 4.78 is 28.3. The van der Waals surface area contributed by atoms with Crippen LogP contribution >= 0.6 is 11.8 Å². The molecule has 31 heavy (non-hydrogen) atoms. The zero-order valence-electron chi connectivity index (χ0n) is 17.5. The van der Waals surface area contributed by atoms with E-state index in [0.29, 0.717) is 0 Å². The van der Waals surface area contributed by atoms with E-state index in [1.807, 2.05) is 67.8 Å². The van der Waals surface area contributed by atoms with Crippen LogP contribution in [-0.4, -0.2) is 26.6 Å². The topological polar surface area (TPSA) is 75.3 Å². The molecule has 0 aromatic heterocycles. The molecule has 3 aromatic carbocycles. The third-order valence-electron chi connectivity index (χ3n) is 4.92. The average Bonchev–Trinajstić information content (AvgIpc) is 2.79. The van der Waals surface area contributed by atoms with Gasteiger partial charge in [-0.05, 0) is 55.0 Å². The largest absolute Gasteiger partial charge is 0.348 e. The predicted molar refractivity (Wildman–Crippen MR) is 125 cm³/mol. The lowest BCUT2D eigenvalue weighted by atomic mass is 10.0. The Morgan fingerprint density at radius 3 is 2.06 bits per heavy atom. The molecule has 162 valence electrons. The van der Waals surface area contributed by atoms with Crippen LogP contribution in [0.1, 0.15) is 24.1 Å². The third-order valence-corrected chi connectivity index (χ3v) is 7.16. The fourth-order valence-corrected chi connectivity index (χ4v) is 4.81. The Kier molecular flexibility index (Phi) is 7.90. The molecule has 0 heterocycles. The minimum Gasteiger partial charge on any atom is -0.348 e. The Bertz CT molecular complexity index is 1090. The van der Waals surface area contributed by atoms with Gasteiger partial charge in [0.2, 0.25) is 15.9 Å². The Hall–Kier alpha value is -2.61. The van der Waals surface area contributed by atoms with E-state index < -0.39 is 16.1 Å². The number of rotatable bonds is 9. The summed E-state index contributed by atoms with van der Waals surface area (Å²) in [7, 11) is -3.85. The molecule has 5 nitrogen and oxygen atoms in total. The maximum Gasteiger partial charge on any atom is 0.241 e. The normalized spacial score (nSPS) is 13.4. The second kappa shape index (κ2) is 10.6. The Balaban J connectivity index is 1.80. The Morgan fingerprint density at radius 2 is 1.48 bits per heavy atom. The van der Waals surface area contributed by atoms with Gasteiger partial charge in [-0.15, -0.1) is 11.8 Å². The molecule has 0 spiro atoms. The first-order chi connectivity index (χ1) is 14.9. The molecule has 3 aromatic rings. The van der Waals surface area contributed by atoms with Crippen LogP contribution in [0.3, 0.4) is 0 Å². The number of sulfonamides is 1. The lowest BCUT2D eigenvalue weighted by molar-refractivity contribution is -0.123. The summed E-state index contributed by atoms with van der Waals surface area (Å²) in [6.45, 7) is 1.89. The van der Waals surface area contributed by atoms with E-state index in [4.69, 9.17) is 0 Å². The summed E-state index contributed by atoms with van der Waals surface area (Å²) in [6.07, 6.45) is 2.25. The van der Waals surface area contributed by atoms with E-state index in [2.05, 4.69) is 10.0 Å². The monoisotopic (exact) mass is 454 g/mol. The molecular weight excluding hydrogens is 428 g/mol. The molecule has 0 saturated heterocycles. The van der Waals surface area contributed by atoms with Crippen molar-refractivity contribution in [2.24, 2.45) is 0 Å². The van der Waals surface area contributed by atoms with Gasteiger partial charge in [0.15, 0.2) is 0 Å². The predicted octanol–water partition coefficient (Wildman–Crippen LogP) is 4.18. The van der Waals surface area contributed by atoms with Crippen LogP contribution in [0.25, 0.3) is 0 Å². The Morgan fingerprint density at radius 1 is 0.903 bits per heavy atom. The van der Waals surface area contributed by atoms with Gasteiger partial charge in [-0.3, -0.25) is 4.79 Å². The van der Waals surface area contributed by atoms with Crippen molar-refractivity contribution >= 4 is 27.7 Å². The number of carbonyl (C=O) groups is 1. The molecular formula is C24H26N2O3S2. The van der Waals surface area contributed by atoms with Gasteiger partial charge < -0.3 is 5.32 Å². The van der Waals surface area contributed by atoms with Gasteiger partial charge in [0.05, 0.1) is 10.9 Å². The molecule has 0 aliphatic heterocycles. The van der Waals surface area contributed by atoms with E-state index in [1.54, 1.807) is 30.0 Å². The number of nitrogens with one attached hydrogen (secondary N) is 2. The van der Waals surface area contributed by atoms with Crippen LogP contribution in [0.5, 0.6) is 0 Å². The van der Waals surface area contributed by atoms with E-state index >= 15 is 0 Å². The van der Waals surface area contributed by atoms with Gasteiger partial charge in [0.1, 0.15) is 6.04 Å². The number of thioether (sulfide) groups is 1. The zero-order chi connectivity index (χ0) is 22.3. The lowest BCUT2D eigenvalue weighted by Crippen LogP contribution is -2.48. The first-order valence-corrected chi connectivity index (χ1v) is 12.7. The van der Waals surface area contributed by atoms with Gasteiger partial charge in [-0.25, -0.2) is 8.42 Å². The number of hydrogen-bond donors (Lipinski definition) is 2. The van der Waals surface area contributed by atoms with Gasteiger partial charge in [-0.1, -0.05) is 60.7 Å². The molecule has 3 rings (SSSR count). The highest BCUT2D eigenvalue weighted by Crippen LogP contribution is 2.19. The van der Waals surface area contributed by atoms with Crippen LogP contribution in [0.2, 0.25) is 0 Å². The lowest BCUT2D eigenvalue weighted by Gasteiger charge is -2.22. The van der Waals surface area contributed by atoms with Crippen LogP contribution in [0.4, 0.5) is 0 Å². The quantitative estimate of drug-likeness (QED) is 0.476. The first-order valence-electron chi connectivity index (χ1n) is 9.94. The standard InChI is InChI=1S/C24H26N2O3S2/c1-18(20-13-15-21(30-2)16-14-20)25-24(27)23(17-19-9-5-3-6-10-19)26-31(28,29)22-11-7-4-8-12-22/h3-16,18,23,26H,17H2,1-2H3,(H,25,27)/t18-,23+/m0/s1. The van der Waals surface area contributed by atoms with Gasteiger partial charge in [0, 0.05) is 4.90 Å². The molecule has 0 aliphatic carbocycles. The third kappa shape index (κ3) is 6.43. The van der Waals surface area contributed by atoms with Crippen LogP contribution in [0.15, 0.2) is 94.7 Å². The number of benzene rings is 3. The molecule has 0 fully saturated rings. The van der Waals surface area contributed by atoms with E-state index in [1.165, 1.54) is 12.1 Å². The van der Waals surface area contributed by atoms with E-state index in [0.717, 1.165) is 16.0 Å². The van der Waals surface area contributed by atoms with Crippen molar-refractivity contribution in [2.75, 3.05) is 6.26 Å².